The molecule has 3 unspecified atom stereocenters. The Morgan fingerprint density at radius 3 is 2.47 bits per heavy atom. The molecule has 19 heavy (non-hydrogen) atoms. The summed E-state index contributed by atoms with van der Waals surface area (Å²) in [6.45, 7) is 8.73. The summed E-state index contributed by atoms with van der Waals surface area (Å²) >= 11 is 0. The van der Waals surface area contributed by atoms with E-state index < -0.39 is 0 Å². The minimum atomic E-state index is 0.0630. The van der Waals surface area contributed by atoms with E-state index in [4.69, 9.17) is 0 Å². The molecule has 1 aliphatic heterocycles. The fourth-order valence-corrected chi connectivity index (χ4v) is 3.03. The second kappa shape index (κ2) is 8.57. The molecular formula is C16H32N2O. The number of rotatable bonds is 9. The molecule has 0 aromatic rings. The van der Waals surface area contributed by atoms with E-state index in [0.29, 0.717) is 11.9 Å². The molecule has 1 saturated heterocycles. The van der Waals surface area contributed by atoms with Crippen molar-refractivity contribution in [3.05, 3.63) is 0 Å². The van der Waals surface area contributed by atoms with E-state index in [9.17, 15) is 4.79 Å². The SMILES string of the molecule is CCCCCCC(C)N1C(=O)C(CCCC)NC1C. The number of carbonyl (C=O) groups excluding carboxylic acids is 1. The van der Waals surface area contributed by atoms with Crippen molar-refractivity contribution in [2.24, 2.45) is 0 Å². The van der Waals surface area contributed by atoms with Gasteiger partial charge in [-0.25, -0.2) is 0 Å². The van der Waals surface area contributed by atoms with E-state index in [0.717, 1.165) is 25.7 Å². The molecule has 3 atom stereocenters. The van der Waals surface area contributed by atoms with Gasteiger partial charge in [0.2, 0.25) is 5.91 Å². The van der Waals surface area contributed by atoms with Crippen LogP contribution < -0.4 is 5.32 Å². The van der Waals surface area contributed by atoms with Gasteiger partial charge in [0, 0.05) is 6.04 Å². The van der Waals surface area contributed by atoms with Crippen LogP contribution in [0.4, 0.5) is 0 Å². The number of carbonyl (C=O) groups is 1. The van der Waals surface area contributed by atoms with E-state index in [1.54, 1.807) is 0 Å². The summed E-state index contributed by atoms with van der Waals surface area (Å²) < 4.78 is 0. The highest BCUT2D eigenvalue weighted by Gasteiger charge is 2.37. The lowest BCUT2D eigenvalue weighted by Crippen LogP contribution is -2.41. The van der Waals surface area contributed by atoms with Crippen LogP contribution in [0.15, 0.2) is 0 Å². The molecule has 0 bridgehead atoms. The number of nitrogens with zero attached hydrogens (tertiary/aromatic N) is 1. The van der Waals surface area contributed by atoms with Gasteiger partial charge in [-0.1, -0.05) is 52.4 Å². The van der Waals surface area contributed by atoms with Crippen LogP contribution in [0.2, 0.25) is 0 Å². The third-order valence-corrected chi connectivity index (χ3v) is 4.21. The Hall–Kier alpha value is -0.570. The molecule has 0 radical (unpaired) electrons. The molecule has 3 heteroatoms. The number of unbranched alkanes of at least 4 members (excludes halogenated alkanes) is 4. The minimum Gasteiger partial charge on any atom is -0.323 e. The highest BCUT2D eigenvalue weighted by molar-refractivity contribution is 5.84. The first kappa shape index (κ1) is 16.5. The molecule has 0 saturated carbocycles. The van der Waals surface area contributed by atoms with Crippen molar-refractivity contribution in [3.63, 3.8) is 0 Å². The van der Waals surface area contributed by atoms with Gasteiger partial charge in [0.05, 0.1) is 12.2 Å². The predicted octanol–water partition coefficient (Wildman–Crippen LogP) is 3.68. The van der Waals surface area contributed by atoms with Crippen molar-refractivity contribution in [3.8, 4) is 0 Å². The summed E-state index contributed by atoms with van der Waals surface area (Å²) in [7, 11) is 0. The summed E-state index contributed by atoms with van der Waals surface area (Å²) in [6, 6.07) is 0.437. The van der Waals surface area contributed by atoms with Gasteiger partial charge in [0.25, 0.3) is 0 Å². The van der Waals surface area contributed by atoms with E-state index in [1.807, 2.05) is 0 Å². The molecule has 1 N–H and O–H groups in total. The molecule has 1 heterocycles. The number of nitrogens with one attached hydrogen (secondary N) is 1. The highest BCUT2D eigenvalue weighted by atomic mass is 16.2. The van der Waals surface area contributed by atoms with Crippen LogP contribution in [-0.2, 0) is 4.79 Å². The van der Waals surface area contributed by atoms with Gasteiger partial charge in [-0.2, -0.15) is 0 Å². The van der Waals surface area contributed by atoms with Gasteiger partial charge in [-0.05, 0) is 26.7 Å². The molecule has 0 aromatic carbocycles. The standard InChI is InChI=1S/C16H32N2O/c1-5-7-9-10-11-13(3)18-14(4)17-15(16(18)19)12-8-6-2/h13-15,17H,5-12H2,1-4H3. The molecule has 0 aromatic heterocycles. The molecule has 0 spiro atoms. The maximum absolute atomic E-state index is 12.4. The average Bonchev–Trinajstić information content (AvgIpc) is 2.67. The zero-order valence-electron chi connectivity index (χ0n) is 13.2. The van der Waals surface area contributed by atoms with Crippen LogP contribution in [0.1, 0.15) is 79.1 Å². The zero-order valence-corrected chi connectivity index (χ0v) is 13.2. The van der Waals surface area contributed by atoms with Crippen molar-refractivity contribution >= 4 is 5.91 Å². The van der Waals surface area contributed by atoms with E-state index >= 15 is 0 Å². The van der Waals surface area contributed by atoms with Crippen LogP contribution in [0.25, 0.3) is 0 Å². The quantitative estimate of drug-likeness (QED) is 0.647. The normalized spacial score (nSPS) is 25.1. The molecule has 0 aliphatic carbocycles. The van der Waals surface area contributed by atoms with Gasteiger partial charge in [0.15, 0.2) is 0 Å². The molecule has 112 valence electrons. The second-order valence-corrected chi connectivity index (χ2v) is 5.98. The molecule has 1 aliphatic rings. The highest BCUT2D eigenvalue weighted by Crippen LogP contribution is 2.21. The minimum absolute atomic E-state index is 0.0630. The summed E-state index contributed by atoms with van der Waals surface area (Å²) in [5, 5.41) is 3.45. The van der Waals surface area contributed by atoms with Gasteiger partial charge >= 0.3 is 0 Å². The summed E-state index contributed by atoms with van der Waals surface area (Å²) in [5.74, 6) is 0.323. The lowest BCUT2D eigenvalue weighted by Gasteiger charge is -2.28. The molecule has 1 rings (SSSR count). The third-order valence-electron chi connectivity index (χ3n) is 4.21. The zero-order chi connectivity index (χ0) is 14.3. The molecule has 1 fully saturated rings. The Kier molecular flexibility index (Phi) is 7.44. The smallest absolute Gasteiger partial charge is 0.241 e. The van der Waals surface area contributed by atoms with Crippen LogP contribution in [0.5, 0.6) is 0 Å². The van der Waals surface area contributed by atoms with Crippen molar-refractivity contribution < 1.29 is 4.79 Å². The van der Waals surface area contributed by atoms with Crippen LogP contribution in [0.3, 0.4) is 0 Å². The molecule has 3 nitrogen and oxygen atoms in total. The molecular weight excluding hydrogens is 236 g/mol. The predicted molar refractivity (Wildman–Crippen MR) is 81.0 cm³/mol. The van der Waals surface area contributed by atoms with Crippen molar-refractivity contribution in [1.29, 1.82) is 0 Å². The van der Waals surface area contributed by atoms with Crippen LogP contribution in [-0.4, -0.2) is 29.1 Å². The average molecular weight is 268 g/mol. The fourth-order valence-electron chi connectivity index (χ4n) is 3.03. The van der Waals surface area contributed by atoms with E-state index in [1.165, 1.54) is 25.7 Å². The van der Waals surface area contributed by atoms with Gasteiger partial charge in [0.1, 0.15) is 0 Å². The monoisotopic (exact) mass is 268 g/mol. The summed E-state index contributed by atoms with van der Waals surface area (Å²) in [5.41, 5.74) is 0. The maximum Gasteiger partial charge on any atom is 0.241 e. The van der Waals surface area contributed by atoms with Gasteiger partial charge in [-0.3, -0.25) is 10.1 Å². The first-order valence-electron chi connectivity index (χ1n) is 8.20. The number of hydrogen-bond acceptors (Lipinski definition) is 2. The Balaban J connectivity index is 2.41. The fraction of sp³-hybridized carbons (Fsp3) is 0.938. The van der Waals surface area contributed by atoms with E-state index in [-0.39, 0.29) is 12.2 Å². The van der Waals surface area contributed by atoms with Crippen molar-refractivity contribution in [2.45, 2.75) is 97.3 Å². The first-order chi connectivity index (χ1) is 9.11. The lowest BCUT2D eigenvalue weighted by atomic mass is 10.1. The van der Waals surface area contributed by atoms with Crippen molar-refractivity contribution in [2.75, 3.05) is 0 Å². The van der Waals surface area contributed by atoms with Gasteiger partial charge in [-0.15, -0.1) is 0 Å². The van der Waals surface area contributed by atoms with Gasteiger partial charge < -0.3 is 4.90 Å². The largest absolute Gasteiger partial charge is 0.323 e. The number of hydrogen-bond donors (Lipinski definition) is 1. The maximum atomic E-state index is 12.4. The van der Waals surface area contributed by atoms with Crippen molar-refractivity contribution in [1.82, 2.24) is 10.2 Å². The Labute approximate surface area is 119 Å². The second-order valence-electron chi connectivity index (χ2n) is 5.98. The van der Waals surface area contributed by atoms with Crippen LogP contribution >= 0.6 is 0 Å². The Morgan fingerprint density at radius 2 is 1.84 bits per heavy atom. The number of amides is 1. The summed E-state index contributed by atoms with van der Waals surface area (Å²) in [4.78, 5) is 14.5. The van der Waals surface area contributed by atoms with E-state index in [2.05, 4.69) is 37.9 Å². The van der Waals surface area contributed by atoms with Crippen LogP contribution in [0, 0.1) is 0 Å². The summed E-state index contributed by atoms with van der Waals surface area (Å²) in [6.07, 6.45) is 9.74. The topological polar surface area (TPSA) is 32.3 Å². The Morgan fingerprint density at radius 1 is 1.16 bits per heavy atom. The first-order valence-corrected chi connectivity index (χ1v) is 8.20. The lowest BCUT2D eigenvalue weighted by molar-refractivity contribution is -0.132. The third kappa shape index (κ3) is 4.79. The molecule has 1 amide bonds. The Bertz CT molecular complexity index is 267.